The van der Waals surface area contributed by atoms with Gasteiger partial charge in [0.15, 0.2) is 37.9 Å². The fourth-order valence-corrected chi connectivity index (χ4v) is 5.32. The average Bonchev–Trinajstić information content (AvgIpc) is 3.04. The predicted octanol–water partition coefficient (Wildman–Crippen LogP) is 7.68. The van der Waals surface area contributed by atoms with E-state index in [9.17, 15) is 0 Å². The SMILES string of the molecule is c1ccc2cc(C[n+]3ccc(OCCCCCCOc4cc[n+](Cc5ccc6ccccc6c5)cc4)cc3)ccc2c1. The highest BCUT2D eigenvalue weighted by Crippen LogP contribution is 2.17. The Bertz CT molecular complexity index is 1600. The highest BCUT2D eigenvalue weighted by molar-refractivity contribution is 5.83. The minimum Gasteiger partial charge on any atom is -0.493 e. The maximum Gasteiger partial charge on any atom is 0.173 e. The molecule has 0 aliphatic carbocycles. The second kappa shape index (κ2) is 13.8. The van der Waals surface area contributed by atoms with Crippen LogP contribution in [0.2, 0.25) is 0 Å². The maximum atomic E-state index is 5.97. The van der Waals surface area contributed by atoms with E-state index < -0.39 is 0 Å². The highest BCUT2D eigenvalue weighted by atomic mass is 16.5. The lowest BCUT2D eigenvalue weighted by Crippen LogP contribution is -2.32. The van der Waals surface area contributed by atoms with Crippen molar-refractivity contribution in [3.63, 3.8) is 0 Å². The van der Waals surface area contributed by atoms with E-state index in [0.717, 1.165) is 63.5 Å². The van der Waals surface area contributed by atoms with Crippen LogP contribution in [0.4, 0.5) is 0 Å². The number of aromatic nitrogens is 2. The van der Waals surface area contributed by atoms with Gasteiger partial charge >= 0.3 is 0 Å². The Hall–Kier alpha value is -4.70. The van der Waals surface area contributed by atoms with E-state index in [1.165, 1.54) is 32.7 Å². The van der Waals surface area contributed by atoms with Crippen molar-refractivity contribution in [1.29, 1.82) is 0 Å². The minimum atomic E-state index is 0.742. The first-order chi connectivity index (χ1) is 20.8. The smallest absolute Gasteiger partial charge is 0.173 e. The number of nitrogens with zero attached hydrogens (tertiary/aromatic N) is 2. The van der Waals surface area contributed by atoms with Gasteiger partial charge in [-0.3, -0.25) is 0 Å². The molecule has 6 aromatic rings. The number of benzene rings is 4. The molecule has 4 nitrogen and oxygen atoms in total. The molecule has 0 radical (unpaired) electrons. The molecule has 0 atom stereocenters. The lowest BCUT2D eigenvalue weighted by atomic mass is 10.1. The summed E-state index contributed by atoms with van der Waals surface area (Å²) >= 11 is 0. The van der Waals surface area contributed by atoms with Gasteiger partial charge in [-0.15, -0.1) is 0 Å². The summed E-state index contributed by atoms with van der Waals surface area (Å²) in [5, 5.41) is 5.12. The molecule has 0 fully saturated rings. The molecule has 0 spiro atoms. The molecule has 6 rings (SSSR count). The lowest BCUT2D eigenvalue weighted by Gasteiger charge is -2.07. The van der Waals surface area contributed by atoms with Crippen LogP contribution in [-0.4, -0.2) is 13.2 Å². The molecule has 0 saturated heterocycles. The first-order valence-corrected chi connectivity index (χ1v) is 15.0. The molecule has 210 valence electrons. The van der Waals surface area contributed by atoms with E-state index >= 15 is 0 Å². The van der Waals surface area contributed by atoms with Gasteiger partial charge < -0.3 is 9.47 Å². The number of rotatable bonds is 13. The monoisotopic (exact) mass is 554 g/mol. The summed E-state index contributed by atoms with van der Waals surface area (Å²) in [6.07, 6.45) is 12.7. The van der Waals surface area contributed by atoms with E-state index in [1.54, 1.807) is 0 Å². The zero-order valence-electron chi connectivity index (χ0n) is 24.1. The Kier molecular flexibility index (Phi) is 9.01. The Morgan fingerprint density at radius 1 is 0.405 bits per heavy atom. The van der Waals surface area contributed by atoms with Crippen molar-refractivity contribution in [2.75, 3.05) is 13.2 Å². The fourth-order valence-electron chi connectivity index (χ4n) is 5.32. The standard InChI is InChI=1S/C38H38N2O2/c1(7-25-41-37-17-21-39(22-18-37)29-31-13-15-33-9-3-5-11-35(33)27-31)2-8-26-42-38-19-23-40(24-20-38)30-32-14-16-34-10-4-6-12-36(34)28-32/h3-6,9-24,27-28H,1-2,7-8,25-26,29-30H2/q+2. The number of hydrogen-bond acceptors (Lipinski definition) is 2. The summed E-state index contributed by atoms with van der Waals surface area (Å²) in [5.41, 5.74) is 2.59. The van der Waals surface area contributed by atoms with Crippen molar-refractivity contribution >= 4 is 21.5 Å². The quantitative estimate of drug-likeness (QED) is 0.108. The van der Waals surface area contributed by atoms with Crippen LogP contribution in [0.25, 0.3) is 21.5 Å². The summed E-state index contributed by atoms with van der Waals surface area (Å²) in [5.74, 6) is 1.85. The second-order valence-electron chi connectivity index (χ2n) is 10.9. The lowest BCUT2D eigenvalue weighted by molar-refractivity contribution is -0.688. The third kappa shape index (κ3) is 7.52. The molecule has 0 saturated carbocycles. The summed E-state index contributed by atoms with van der Waals surface area (Å²) in [4.78, 5) is 0. The minimum absolute atomic E-state index is 0.742. The van der Waals surface area contributed by atoms with E-state index in [4.69, 9.17) is 9.47 Å². The Morgan fingerprint density at radius 2 is 0.810 bits per heavy atom. The number of ether oxygens (including phenoxy) is 2. The summed E-state index contributed by atoms with van der Waals surface area (Å²) in [6.45, 7) is 3.18. The van der Waals surface area contributed by atoms with Crippen molar-refractivity contribution in [2.24, 2.45) is 0 Å². The highest BCUT2D eigenvalue weighted by Gasteiger charge is 2.07. The van der Waals surface area contributed by atoms with Crippen LogP contribution in [0.15, 0.2) is 134 Å². The molecular weight excluding hydrogens is 516 g/mol. The largest absolute Gasteiger partial charge is 0.493 e. The molecule has 0 aliphatic rings. The molecule has 42 heavy (non-hydrogen) atoms. The molecule has 4 aromatic carbocycles. The zero-order chi connectivity index (χ0) is 28.4. The van der Waals surface area contributed by atoms with Gasteiger partial charge in [-0.2, -0.15) is 0 Å². The number of unbranched alkanes of at least 4 members (excludes halogenated alkanes) is 3. The van der Waals surface area contributed by atoms with Crippen LogP contribution in [0.5, 0.6) is 11.5 Å². The molecule has 2 heterocycles. The van der Waals surface area contributed by atoms with Crippen molar-refractivity contribution < 1.29 is 18.6 Å². The predicted molar refractivity (Wildman–Crippen MR) is 169 cm³/mol. The van der Waals surface area contributed by atoms with Crippen LogP contribution in [-0.2, 0) is 13.1 Å². The molecule has 2 aromatic heterocycles. The van der Waals surface area contributed by atoms with E-state index in [1.807, 2.05) is 0 Å². The van der Waals surface area contributed by atoms with Crippen LogP contribution < -0.4 is 18.6 Å². The molecule has 0 aliphatic heterocycles. The normalized spacial score (nSPS) is 11.1. The average molecular weight is 555 g/mol. The van der Waals surface area contributed by atoms with Gasteiger partial charge in [-0.25, -0.2) is 9.13 Å². The van der Waals surface area contributed by atoms with Crippen LogP contribution in [0, 0.1) is 0 Å². The molecular formula is C38H38N2O2+2. The van der Waals surface area contributed by atoms with Gasteiger partial charge in [0.05, 0.1) is 13.2 Å². The van der Waals surface area contributed by atoms with E-state index in [-0.39, 0.29) is 0 Å². The van der Waals surface area contributed by atoms with Crippen LogP contribution in [0.3, 0.4) is 0 Å². The van der Waals surface area contributed by atoms with Gasteiger partial charge in [0.25, 0.3) is 0 Å². The number of fused-ring (bicyclic) bond motifs is 2. The maximum absolute atomic E-state index is 5.97. The first kappa shape index (κ1) is 27.5. The van der Waals surface area contributed by atoms with Crippen molar-refractivity contribution in [3.8, 4) is 11.5 Å². The zero-order valence-corrected chi connectivity index (χ0v) is 24.1. The Morgan fingerprint density at radius 3 is 1.24 bits per heavy atom. The van der Waals surface area contributed by atoms with E-state index in [0.29, 0.717) is 0 Å². The third-order valence-corrected chi connectivity index (χ3v) is 7.66. The molecule has 0 amide bonds. The second-order valence-corrected chi connectivity index (χ2v) is 10.9. The topological polar surface area (TPSA) is 26.2 Å². The Balaban J connectivity index is 0.847. The number of pyridine rings is 2. The molecule has 0 N–H and O–H groups in total. The molecule has 0 unspecified atom stereocenters. The van der Waals surface area contributed by atoms with Crippen LogP contribution >= 0.6 is 0 Å². The fraction of sp³-hybridized carbons (Fsp3) is 0.211. The summed E-state index contributed by atoms with van der Waals surface area (Å²) in [6, 6.07) is 38.5. The van der Waals surface area contributed by atoms with Crippen molar-refractivity contribution in [1.82, 2.24) is 0 Å². The van der Waals surface area contributed by atoms with Crippen molar-refractivity contribution in [2.45, 2.75) is 38.8 Å². The van der Waals surface area contributed by atoms with E-state index in [2.05, 4.69) is 143 Å². The molecule has 4 heteroatoms. The van der Waals surface area contributed by atoms with Gasteiger partial charge in [0.1, 0.15) is 11.5 Å². The summed E-state index contributed by atoms with van der Waals surface area (Å²) in [7, 11) is 0. The van der Waals surface area contributed by atoms with Gasteiger partial charge in [0.2, 0.25) is 0 Å². The summed E-state index contributed by atoms with van der Waals surface area (Å²) < 4.78 is 16.3. The molecule has 0 bridgehead atoms. The Labute approximate surface area is 248 Å². The third-order valence-electron chi connectivity index (χ3n) is 7.66. The van der Waals surface area contributed by atoms with Crippen molar-refractivity contribution in [3.05, 3.63) is 145 Å². The van der Waals surface area contributed by atoms with Gasteiger partial charge in [-0.05, 0) is 59.4 Å². The first-order valence-electron chi connectivity index (χ1n) is 15.0. The van der Waals surface area contributed by atoms with Gasteiger partial charge in [0, 0.05) is 35.4 Å². The van der Waals surface area contributed by atoms with Crippen LogP contribution in [0.1, 0.15) is 36.8 Å². The van der Waals surface area contributed by atoms with Gasteiger partial charge in [-0.1, -0.05) is 72.8 Å². The number of hydrogen-bond donors (Lipinski definition) is 0.